The molecule has 0 aromatic carbocycles. The van der Waals surface area contributed by atoms with Crippen molar-refractivity contribution in [2.24, 2.45) is 0 Å². The van der Waals surface area contributed by atoms with Gasteiger partial charge in [0.1, 0.15) is 0 Å². The number of rotatable bonds is 6. The normalized spacial score (nSPS) is 19.7. The minimum atomic E-state index is 0.155. The average Bonchev–Trinajstić information content (AvgIpc) is 2.97. The predicted octanol–water partition coefficient (Wildman–Crippen LogP) is 3.71. The summed E-state index contributed by atoms with van der Waals surface area (Å²) in [4.78, 5) is 6.27. The molecule has 1 aliphatic rings. The molecule has 1 unspecified atom stereocenters. The first-order valence-corrected chi connectivity index (χ1v) is 8.63. The molecule has 0 bridgehead atoms. The number of hydrogen-bond donors (Lipinski definition) is 1. The Balaban J connectivity index is 2.02. The lowest BCUT2D eigenvalue weighted by Gasteiger charge is -2.20. The minimum absolute atomic E-state index is 0.155. The predicted molar refractivity (Wildman–Crippen MR) is 85.4 cm³/mol. The summed E-state index contributed by atoms with van der Waals surface area (Å²) in [5.41, 5.74) is 1.45. The first kappa shape index (κ1) is 15.9. The van der Waals surface area contributed by atoms with Gasteiger partial charge in [-0.05, 0) is 40.0 Å². The van der Waals surface area contributed by atoms with Crippen LogP contribution in [-0.4, -0.2) is 23.2 Å². The molecule has 1 saturated heterocycles. The van der Waals surface area contributed by atoms with Gasteiger partial charge in [0, 0.05) is 30.0 Å². The number of aryl methyl sites for hydroxylation is 1. The van der Waals surface area contributed by atoms with Crippen LogP contribution in [0.3, 0.4) is 0 Å². The molecule has 20 heavy (non-hydrogen) atoms. The third-order valence-electron chi connectivity index (χ3n) is 3.51. The molecular weight excluding hydrogens is 268 g/mol. The van der Waals surface area contributed by atoms with Crippen molar-refractivity contribution >= 4 is 11.3 Å². The summed E-state index contributed by atoms with van der Waals surface area (Å²) >= 11 is 1.87. The lowest BCUT2D eigenvalue weighted by molar-refractivity contribution is 0.111. The molecule has 1 aromatic heterocycles. The summed E-state index contributed by atoms with van der Waals surface area (Å²) in [6.45, 7) is 10.7. The molecule has 0 radical (unpaired) electrons. The van der Waals surface area contributed by atoms with Crippen molar-refractivity contribution in [3.8, 4) is 0 Å². The van der Waals surface area contributed by atoms with Crippen molar-refractivity contribution in [1.29, 1.82) is 0 Å². The van der Waals surface area contributed by atoms with Gasteiger partial charge in [0.2, 0.25) is 0 Å². The van der Waals surface area contributed by atoms with Crippen LogP contribution in [0.1, 0.15) is 62.5 Å². The highest BCUT2D eigenvalue weighted by molar-refractivity contribution is 7.11. The Kier molecular flexibility index (Phi) is 5.58. The molecule has 1 aliphatic heterocycles. The van der Waals surface area contributed by atoms with E-state index in [4.69, 9.17) is 9.72 Å². The number of thiazole rings is 1. The Hall–Kier alpha value is -0.450. The molecule has 1 fully saturated rings. The Labute approximate surface area is 127 Å². The third kappa shape index (κ3) is 4.83. The van der Waals surface area contributed by atoms with Crippen molar-refractivity contribution in [2.45, 2.75) is 78.0 Å². The van der Waals surface area contributed by atoms with Crippen LogP contribution in [0.2, 0.25) is 0 Å². The molecule has 2 heterocycles. The van der Waals surface area contributed by atoms with Crippen molar-refractivity contribution in [3.63, 3.8) is 0 Å². The van der Waals surface area contributed by atoms with E-state index in [2.05, 4.69) is 33.0 Å². The Morgan fingerprint density at radius 2 is 2.20 bits per heavy atom. The van der Waals surface area contributed by atoms with E-state index in [9.17, 15) is 0 Å². The van der Waals surface area contributed by atoms with Gasteiger partial charge in [-0.1, -0.05) is 13.3 Å². The lowest BCUT2D eigenvalue weighted by atomic mass is 10.1. The van der Waals surface area contributed by atoms with E-state index in [1.807, 2.05) is 11.3 Å². The molecule has 114 valence electrons. The average molecular weight is 296 g/mol. The van der Waals surface area contributed by atoms with Gasteiger partial charge in [-0.3, -0.25) is 0 Å². The maximum atomic E-state index is 5.73. The monoisotopic (exact) mass is 296 g/mol. The van der Waals surface area contributed by atoms with Crippen LogP contribution < -0.4 is 5.32 Å². The number of nitrogens with zero attached hydrogens (tertiary/aromatic N) is 1. The maximum absolute atomic E-state index is 5.73. The first-order valence-electron chi connectivity index (χ1n) is 7.82. The molecule has 4 heteroatoms. The zero-order valence-electron chi connectivity index (χ0n) is 13.3. The fourth-order valence-corrected chi connectivity index (χ4v) is 3.56. The van der Waals surface area contributed by atoms with E-state index in [-0.39, 0.29) is 5.54 Å². The van der Waals surface area contributed by atoms with Crippen LogP contribution in [0.15, 0.2) is 0 Å². The summed E-state index contributed by atoms with van der Waals surface area (Å²) in [6, 6.07) is 0. The molecule has 1 N–H and O–H groups in total. The van der Waals surface area contributed by atoms with Gasteiger partial charge in [0.25, 0.3) is 0 Å². The van der Waals surface area contributed by atoms with Gasteiger partial charge in [-0.25, -0.2) is 4.98 Å². The lowest BCUT2D eigenvalue weighted by Crippen LogP contribution is -2.35. The molecule has 2 rings (SSSR count). The molecule has 1 aromatic rings. The van der Waals surface area contributed by atoms with E-state index in [0.29, 0.717) is 6.10 Å². The zero-order chi connectivity index (χ0) is 14.6. The van der Waals surface area contributed by atoms with Crippen molar-refractivity contribution in [2.75, 3.05) is 6.61 Å². The summed E-state index contributed by atoms with van der Waals surface area (Å²) < 4.78 is 5.73. The standard InChI is InChI=1S/C16H28N2OS/c1-5-7-13-14(11-17-16(2,3)4)20-15(18-13)10-12-8-6-9-19-12/h12,17H,5-11H2,1-4H3. The topological polar surface area (TPSA) is 34.1 Å². The third-order valence-corrected chi connectivity index (χ3v) is 4.63. The highest BCUT2D eigenvalue weighted by Gasteiger charge is 2.20. The molecule has 0 amide bonds. The second-order valence-electron chi connectivity index (χ2n) is 6.67. The van der Waals surface area contributed by atoms with Gasteiger partial charge in [0.15, 0.2) is 0 Å². The van der Waals surface area contributed by atoms with Gasteiger partial charge in [-0.2, -0.15) is 0 Å². The van der Waals surface area contributed by atoms with Gasteiger partial charge >= 0.3 is 0 Å². The van der Waals surface area contributed by atoms with Crippen molar-refractivity contribution in [1.82, 2.24) is 10.3 Å². The van der Waals surface area contributed by atoms with Crippen LogP contribution in [0.25, 0.3) is 0 Å². The quantitative estimate of drug-likeness (QED) is 0.869. The summed E-state index contributed by atoms with van der Waals surface area (Å²) in [7, 11) is 0. The maximum Gasteiger partial charge on any atom is 0.0957 e. The summed E-state index contributed by atoms with van der Waals surface area (Å²) in [5.74, 6) is 0. The Morgan fingerprint density at radius 1 is 1.40 bits per heavy atom. The Morgan fingerprint density at radius 3 is 2.80 bits per heavy atom. The number of aromatic nitrogens is 1. The fourth-order valence-electron chi connectivity index (χ4n) is 2.44. The summed E-state index contributed by atoms with van der Waals surface area (Å²) in [6.07, 6.45) is 6.04. The molecule has 0 spiro atoms. The van der Waals surface area contributed by atoms with E-state index < -0.39 is 0 Å². The summed E-state index contributed by atoms with van der Waals surface area (Å²) in [5, 5.41) is 4.84. The van der Waals surface area contributed by atoms with Gasteiger partial charge in [-0.15, -0.1) is 11.3 Å². The highest BCUT2D eigenvalue weighted by Crippen LogP contribution is 2.25. The van der Waals surface area contributed by atoms with Crippen LogP contribution >= 0.6 is 11.3 Å². The SMILES string of the molecule is CCCc1nc(CC2CCCO2)sc1CNC(C)(C)C. The van der Waals surface area contributed by atoms with Crippen molar-refractivity contribution in [3.05, 3.63) is 15.6 Å². The second kappa shape index (κ2) is 7.01. The smallest absolute Gasteiger partial charge is 0.0957 e. The molecule has 1 atom stereocenters. The van der Waals surface area contributed by atoms with E-state index in [1.54, 1.807) is 0 Å². The van der Waals surface area contributed by atoms with E-state index in [0.717, 1.165) is 32.4 Å². The first-order chi connectivity index (χ1) is 9.48. The van der Waals surface area contributed by atoms with Crippen LogP contribution in [0, 0.1) is 0 Å². The molecule has 3 nitrogen and oxygen atoms in total. The number of hydrogen-bond acceptors (Lipinski definition) is 4. The largest absolute Gasteiger partial charge is 0.378 e. The molecule has 0 saturated carbocycles. The van der Waals surface area contributed by atoms with Crippen LogP contribution in [-0.2, 0) is 24.1 Å². The van der Waals surface area contributed by atoms with Crippen LogP contribution in [0.4, 0.5) is 0 Å². The number of nitrogens with one attached hydrogen (secondary N) is 1. The molecular formula is C16H28N2OS. The van der Waals surface area contributed by atoms with E-state index in [1.165, 1.54) is 28.4 Å². The van der Waals surface area contributed by atoms with Crippen molar-refractivity contribution < 1.29 is 4.74 Å². The minimum Gasteiger partial charge on any atom is -0.378 e. The highest BCUT2D eigenvalue weighted by atomic mass is 32.1. The van der Waals surface area contributed by atoms with E-state index >= 15 is 0 Å². The number of ether oxygens (including phenoxy) is 1. The molecule has 0 aliphatic carbocycles. The van der Waals surface area contributed by atoms with Gasteiger partial charge in [0.05, 0.1) is 16.8 Å². The second-order valence-corrected chi connectivity index (χ2v) is 7.84. The zero-order valence-corrected chi connectivity index (χ0v) is 14.1. The Bertz CT molecular complexity index is 417. The van der Waals surface area contributed by atoms with Gasteiger partial charge < -0.3 is 10.1 Å². The fraction of sp³-hybridized carbons (Fsp3) is 0.812. The van der Waals surface area contributed by atoms with Crippen LogP contribution in [0.5, 0.6) is 0 Å².